The molecular weight excluding hydrogens is 260 g/mol. The maximum atomic E-state index is 11.4. The molecule has 2 N–H and O–H groups in total. The quantitative estimate of drug-likeness (QED) is 0.632. The van der Waals surface area contributed by atoms with Gasteiger partial charge in [0.15, 0.2) is 0 Å². The molecule has 0 saturated carbocycles. The van der Waals surface area contributed by atoms with Crippen LogP contribution in [0.3, 0.4) is 0 Å². The third kappa shape index (κ3) is 2.15. The number of hydrogen-bond acceptors (Lipinski definition) is 1. The first kappa shape index (κ1) is 13.7. The van der Waals surface area contributed by atoms with Crippen molar-refractivity contribution >= 4 is 33.4 Å². The number of halogens is 1. The van der Waals surface area contributed by atoms with Crippen LogP contribution >= 0.6 is 11.6 Å². The summed E-state index contributed by atoms with van der Waals surface area (Å²) in [7, 11) is 0. The van der Waals surface area contributed by atoms with E-state index in [2.05, 4.69) is 16.9 Å². The molecule has 0 saturated heterocycles. The Hall–Kier alpha value is -1.74. The Labute approximate surface area is 116 Å². The van der Waals surface area contributed by atoms with Gasteiger partial charge in [-0.25, -0.2) is 0 Å². The molecule has 3 aromatic rings. The lowest BCUT2D eigenvalue weighted by atomic mass is 10.1. The number of benzene rings is 1. The van der Waals surface area contributed by atoms with E-state index in [1.807, 2.05) is 32.9 Å². The van der Waals surface area contributed by atoms with E-state index in [0.29, 0.717) is 5.02 Å². The molecule has 0 aliphatic rings. The van der Waals surface area contributed by atoms with Gasteiger partial charge in [-0.15, -0.1) is 0 Å². The zero-order valence-corrected chi connectivity index (χ0v) is 12.3. The van der Waals surface area contributed by atoms with Gasteiger partial charge in [0.05, 0.1) is 10.5 Å². The van der Waals surface area contributed by atoms with Gasteiger partial charge in [0.1, 0.15) is 0 Å². The third-order valence-corrected chi connectivity index (χ3v) is 3.52. The first-order valence-electron chi connectivity index (χ1n) is 6.38. The lowest BCUT2D eigenvalue weighted by molar-refractivity contribution is 1.25. The number of aromatic nitrogens is 2. The number of H-pyrrole nitrogens is 2. The second-order valence-corrected chi connectivity index (χ2v) is 4.67. The maximum Gasteiger partial charge on any atom is 0.249 e. The SMILES string of the molecule is CC.Cc1[nH]c2ccc3[nH]c(=O)cc(Cl)c3c2c1C. The molecular formula is C15H17ClN2O. The number of rotatable bonds is 0. The molecule has 4 heteroatoms. The van der Waals surface area contributed by atoms with Gasteiger partial charge in [-0.2, -0.15) is 0 Å². The van der Waals surface area contributed by atoms with Gasteiger partial charge in [-0.1, -0.05) is 25.4 Å². The highest BCUT2D eigenvalue weighted by molar-refractivity contribution is 6.37. The molecule has 1 aromatic carbocycles. The van der Waals surface area contributed by atoms with Crippen LogP contribution in [0.1, 0.15) is 25.1 Å². The summed E-state index contributed by atoms with van der Waals surface area (Å²) in [6, 6.07) is 5.26. The number of aryl methyl sites for hydroxylation is 2. The predicted octanol–water partition coefficient (Wildman–Crippen LogP) is 4.31. The van der Waals surface area contributed by atoms with Crippen LogP contribution < -0.4 is 5.56 Å². The molecule has 100 valence electrons. The van der Waals surface area contributed by atoms with E-state index in [-0.39, 0.29) is 5.56 Å². The molecule has 0 radical (unpaired) electrons. The summed E-state index contributed by atoms with van der Waals surface area (Å²) in [6.45, 7) is 8.08. The Morgan fingerprint density at radius 1 is 1.00 bits per heavy atom. The molecule has 0 aliphatic carbocycles. The van der Waals surface area contributed by atoms with Crippen molar-refractivity contribution in [3.05, 3.63) is 44.8 Å². The molecule has 0 aliphatic heterocycles. The molecule has 2 aromatic heterocycles. The van der Waals surface area contributed by atoms with Crippen molar-refractivity contribution in [2.75, 3.05) is 0 Å². The van der Waals surface area contributed by atoms with E-state index >= 15 is 0 Å². The van der Waals surface area contributed by atoms with Crippen molar-refractivity contribution in [2.45, 2.75) is 27.7 Å². The Kier molecular flexibility index (Phi) is 3.67. The molecule has 0 bridgehead atoms. The highest BCUT2D eigenvalue weighted by Gasteiger charge is 2.11. The van der Waals surface area contributed by atoms with E-state index in [0.717, 1.165) is 27.5 Å². The van der Waals surface area contributed by atoms with Crippen molar-refractivity contribution in [1.82, 2.24) is 9.97 Å². The van der Waals surface area contributed by atoms with E-state index in [1.165, 1.54) is 11.6 Å². The monoisotopic (exact) mass is 276 g/mol. The summed E-state index contributed by atoms with van der Waals surface area (Å²) in [6.07, 6.45) is 0. The summed E-state index contributed by atoms with van der Waals surface area (Å²) >= 11 is 6.19. The van der Waals surface area contributed by atoms with E-state index in [4.69, 9.17) is 11.6 Å². The lowest BCUT2D eigenvalue weighted by Gasteiger charge is -2.03. The Morgan fingerprint density at radius 2 is 1.58 bits per heavy atom. The minimum absolute atomic E-state index is 0.174. The van der Waals surface area contributed by atoms with Crippen LogP contribution in [-0.2, 0) is 0 Å². The first-order valence-corrected chi connectivity index (χ1v) is 6.76. The highest BCUT2D eigenvalue weighted by atomic mass is 35.5. The van der Waals surface area contributed by atoms with Gasteiger partial charge in [0.25, 0.3) is 0 Å². The Morgan fingerprint density at radius 3 is 2.21 bits per heavy atom. The first-order chi connectivity index (χ1) is 9.08. The molecule has 0 amide bonds. The second kappa shape index (κ2) is 5.10. The average Bonchev–Trinajstić information content (AvgIpc) is 2.67. The number of fused-ring (bicyclic) bond motifs is 3. The normalized spacial score (nSPS) is 10.6. The zero-order chi connectivity index (χ0) is 14.2. The van der Waals surface area contributed by atoms with Crippen molar-refractivity contribution in [1.29, 1.82) is 0 Å². The number of nitrogens with one attached hydrogen (secondary N) is 2. The number of hydrogen-bond donors (Lipinski definition) is 2. The molecule has 3 nitrogen and oxygen atoms in total. The van der Waals surface area contributed by atoms with Crippen LogP contribution in [0.2, 0.25) is 5.02 Å². The fraction of sp³-hybridized carbons (Fsp3) is 0.267. The van der Waals surface area contributed by atoms with Crippen molar-refractivity contribution in [2.24, 2.45) is 0 Å². The van der Waals surface area contributed by atoms with Gasteiger partial charge in [0, 0.05) is 28.0 Å². The summed E-state index contributed by atoms with van der Waals surface area (Å²) in [5, 5.41) is 2.49. The molecule has 0 fully saturated rings. The average molecular weight is 277 g/mol. The summed E-state index contributed by atoms with van der Waals surface area (Å²) in [4.78, 5) is 17.5. The smallest absolute Gasteiger partial charge is 0.249 e. The van der Waals surface area contributed by atoms with Crippen molar-refractivity contribution < 1.29 is 0 Å². The van der Waals surface area contributed by atoms with Crippen LogP contribution in [0.15, 0.2) is 23.0 Å². The van der Waals surface area contributed by atoms with E-state index in [9.17, 15) is 4.79 Å². The van der Waals surface area contributed by atoms with Crippen LogP contribution in [0.4, 0.5) is 0 Å². The number of aromatic amines is 2. The Balaban J connectivity index is 0.000000637. The zero-order valence-electron chi connectivity index (χ0n) is 11.5. The van der Waals surface area contributed by atoms with E-state index < -0.39 is 0 Å². The van der Waals surface area contributed by atoms with Gasteiger partial charge in [-0.3, -0.25) is 4.79 Å². The van der Waals surface area contributed by atoms with Crippen molar-refractivity contribution in [3.63, 3.8) is 0 Å². The van der Waals surface area contributed by atoms with E-state index in [1.54, 1.807) is 0 Å². The van der Waals surface area contributed by atoms with Gasteiger partial charge in [0.2, 0.25) is 5.56 Å². The van der Waals surface area contributed by atoms with Gasteiger partial charge in [-0.05, 0) is 31.5 Å². The standard InChI is InChI=1S/C13H11ClN2O.C2H6/c1-6-7(2)15-9-3-4-10-13(12(6)9)8(14)5-11(17)16-10;1-2/h3-5,15H,1-2H3,(H,16,17);1-2H3. The minimum Gasteiger partial charge on any atom is -0.358 e. The molecule has 3 rings (SSSR count). The molecule has 0 atom stereocenters. The fourth-order valence-corrected chi connectivity index (χ4v) is 2.58. The van der Waals surface area contributed by atoms with Crippen molar-refractivity contribution in [3.8, 4) is 0 Å². The third-order valence-electron chi connectivity index (χ3n) is 3.22. The predicted molar refractivity (Wildman–Crippen MR) is 82.3 cm³/mol. The summed E-state index contributed by atoms with van der Waals surface area (Å²) in [5.74, 6) is 0. The van der Waals surface area contributed by atoms with Crippen LogP contribution in [0.5, 0.6) is 0 Å². The maximum absolute atomic E-state index is 11.4. The fourth-order valence-electron chi connectivity index (χ4n) is 2.29. The molecule has 2 heterocycles. The second-order valence-electron chi connectivity index (χ2n) is 4.27. The number of pyridine rings is 1. The van der Waals surface area contributed by atoms with Crippen LogP contribution in [0.25, 0.3) is 21.8 Å². The van der Waals surface area contributed by atoms with Crippen LogP contribution in [0, 0.1) is 13.8 Å². The molecule has 0 unspecified atom stereocenters. The van der Waals surface area contributed by atoms with Gasteiger partial charge < -0.3 is 9.97 Å². The molecule has 0 spiro atoms. The largest absolute Gasteiger partial charge is 0.358 e. The Bertz CT molecular complexity index is 799. The topological polar surface area (TPSA) is 48.6 Å². The lowest BCUT2D eigenvalue weighted by Crippen LogP contribution is -2.03. The summed E-state index contributed by atoms with van der Waals surface area (Å²) < 4.78 is 0. The highest BCUT2D eigenvalue weighted by Crippen LogP contribution is 2.32. The summed E-state index contributed by atoms with van der Waals surface area (Å²) in [5.41, 5.74) is 3.93. The van der Waals surface area contributed by atoms with Crippen LogP contribution in [-0.4, -0.2) is 9.97 Å². The minimum atomic E-state index is -0.174. The molecule has 19 heavy (non-hydrogen) atoms. The van der Waals surface area contributed by atoms with Gasteiger partial charge >= 0.3 is 0 Å².